The SMILES string of the molecule is Cl.O=C(NC(c1ccccc1)c1nccs1)c1cn(C2CCNCC2)nn1. The molecule has 1 aromatic carbocycles. The summed E-state index contributed by atoms with van der Waals surface area (Å²) in [6.45, 7) is 1.93. The van der Waals surface area contributed by atoms with Crippen LogP contribution in [0.25, 0.3) is 0 Å². The van der Waals surface area contributed by atoms with Crippen molar-refractivity contribution in [1.29, 1.82) is 0 Å². The van der Waals surface area contributed by atoms with Gasteiger partial charge in [-0.05, 0) is 31.5 Å². The number of aromatic nitrogens is 4. The van der Waals surface area contributed by atoms with Gasteiger partial charge in [0.05, 0.1) is 12.2 Å². The molecule has 1 atom stereocenters. The number of carbonyl (C=O) groups excluding carboxylic acids is 1. The highest BCUT2D eigenvalue weighted by atomic mass is 35.5. The second kappa shape index (κ2) is 9.07. The monoisotopic (exact) mass is 404 g/mol. The second-order valence-corrected chi connectivity index (χ2v) is 7.18. The first kappa shape index (κ1) is 19.5. The molecule has 1 amide bonds. The van der Waals surface area contributed by atoms with Gasteiger partial charge in [-0.25, -0.2) is 9.67 Å². The van der Waals surface area contributed by atoms with Crippen LogP contribution in [0.15, 0.2) is 48.1 Å². The van der Waals surface area contributed by atoms with Crippen molar-refractivity contribution in [2.75, 3.05) is 13.1 Å². The Balaban J connectivity index is 0.00000210. The number of amides is 1. The zero-order chi connectivity index (χ0) is 17.8. The molecule has 3 heterocycles. The topological polar surface area (TPSA) is 84.7 Å². The molecule has 0 aliphatic carbocycles. The Morgan fingerprint density at radius 2 is 2.04 bits per heavy atom. The average molecular weight is 405 g/mol. The number of thiazole rings is 1. The molecule has 3 aromatic rings. The van der Waals surface area contributed by atoms with E-state index in [-0.39, 0.29) is 24.4 Å². The number of nitrogens with one attached hydrogen (secondary N) is 2. The number of hydrogen-bond donors (Lipinski definition) is 2. The third-order valence-electron chi connectivity index (χ3n) is 4.53. The molecule has 1 unspecified atom stereocenters. The van der Waals surface area contributed by atoms with E-state index < -0.39 is 0 Å². The second-order valence-electron chi connectivity index (χ2n) is 6.25. The summed E-state index contributed by atoms with van der Waals surface area (Å²) in [5, 5.41) is 17.4. The van der Waals surface area contributed by atoms with Crippen molar-refractivity contribution >= 4 is 29.7 Å². The summed E-state index contributed by atoms with van der Waals surface area (Å²) in [5.41, 5.74) is 1.32. The van der Waals surface area contributed by atoms with E-state index in [2.05, 4.69) is 25.9 Å². The fourth-order valence-corrected chi connectivity index (χ4v) is 3.86. The summed E-state index contributed by atoms with van der Waals surface area (Å²) >= 11 is 1.52. The highest BCUT2D eigenvalue weighted by molar-refractivity contribution is 7.09. The van der Waals surface area contributed by atoms with E-state index in [4.69, 9.17) is 0 Å². The van der Waals surface area contributed by atoms with Crippen molar-refractivity contribution in [3.63, 3.8) is 0 Å². The highest BCUT2D eigenvalue weighted by Crippen LogP contribution is 2.24. The lowest BCUT2D eigenvalue weighted by molar-refractivity contribution is 0.0937. The van der Waals surface area contributed by atoms with Gasteiger partial charge in [0.2, 0.25) is 0 Å². The zero-order valence-electron chi connectivity index (χ0n) is 14.6. The Morgan fingerprint density at radius 3 is 2.74 bits per heavy atom. The minimum Gasteiger partial charge on any atom is -0.337 e. The minimum atomic E-state index is -0.298. The van der Waals surface area contributed by atoms with Crippen LogP contribution in [-0.2, 0) is 0 Å². The maximum Gasteiger partial charge on any atom is 0.274 e. The van der Waals surface area contributed by atoms with Gasteiger partial charge in [0.1, 0.15) is 11.0 Å². The Hall–Kier alpha value is -2.29. The van der Waals surface area contributed by atoms with E-state index in [1.807, 2.05) is 40.4 Å². The number of halogens is 1. The average Bonchev–Trinajstić information content (AvgIpc) is 3.39. The Labute approximate surface area is 167 Å². The van der Waals surface area contributed by atoms with E-state index in [0.29, 0.717) is 11.7 Å². The molecular weight excluding hydrogens is 384 g/mol. The van der Waals surface area contributed by atoms with Gasteiger partial charge in [0.15, 0.2) is 5.69 Å². The fraction of sp³-hybridized carbons (Fsp3) is 0.333. The molecule has 0 spiro atoms. The lowest BCUT2D eigenvalue weighted by atomic mass is 10.1. The molecule has 2 aromatic heterocycles. The quantitative estimate of drug-likeness (QED) is 0.682. The van der Waals surface area contributed by atoms with Crippen LogP contribution in [0.4, 0.5) is 0 Å². The smallest absolute Gasteiger partial charge is 0.274 e. The van der Waals surface area contributed by atoms with E-state index >= 15 is 0 Å². The van der Waals surface area contributed by atoms with Crippen molar-refractivity contribution in [3.8, 4) is 0 Å². The van der Waals surface area contributed by atoms with E-state index in [1.54, 1.807) is 12.4 Å². The number of benzene rings is 1. The first-order valence-electron chi connectivity index (χ1n) is 8.69. The largest absolute Gasteiger partial charge is 0.337 e. The summed E-state index contributed by atoms with van der Waals surface area (Å²) < 4.78 is 1.82. The fourth-order valence-electron chi connectivity index (χ4n) is 3.15. The first-order valence-corrected chi connectivity index (χ1v) is 9.57. The van der Waals surface area contributed by atoms with Gasteiger partial charge in [-0.2, -0.15) is 0 Å². The van der Waals surface area contributed by atoms with Gasteiger partial charge < -0.3 is 10.6 Å². The third-order valence-corrected chi connectivity index (χ3v) is 5.37. The summed E-state index contributed by atoms with van der Waals surface area (Å²) in [5.74, 6) is -0.241. The number of piperidine rings is 1. The van der Waals surface area contributed by atoms with Crippen LogP contribution in [0.2, 0.25) is 0 Å². The number of nitrogens with zero attached hydrogens (tertiary/aromatic N) is 4. The molecule has 0 bridgehead atoms. The maximum absolute atomic E-state index is 12.8. The first-order chi connectivity index (χ1) is 12.8. The third kappa shape index (κ3) is 4.52. The van der Waals surface area contributed by atoms with Crippen molar-refractivity contribution in [3.05, 3.63) is 64.4 Å². The van der Waals surface area contributed by atoms with Gasteiger partial charge in [0.25, 0.3) is 5.91 Å². The normalized spacial score (nSPS) is 15.7. The Morgan fingerprint density at radius 1 is 1.26 bits per heavy atom. The number of carbonyl (C=O) groups is 1. The van der Waals surface area contributed by atoms with Gasteiger partial charge >= 0.3 is 0 Å². The molecule has 1 saturated heterocycles. The van der Waals surface area contributed by atoms with Crippen LogP contribution in [0.3, 0.4) is 0 Å². The van der Waals surface area contributed by atoms with Crippen molar-refractivity contribution in [1.82, 2.24) is 30.6 Å². The standard InChI is InChI=1S/C18H20N6OS.ClH/c25-17(15-12-24(23-22-15)14-6-8-19-9-7-14)21-16(18-20-10-11-26-18)13-4-2-1-3-5-13;/h1-5,10-12,14,16,19H,6-9H2,(H,21,25);1H. The highest BCUT2D eigenvalue weighted by Gasteiger charge is 2.23. The summed E-state index contributed by atoms with van der Waals surface area (Å²) in [6, 6.07) is 9.83. The van der Waals surface area contributed by atoms with E-state index in [0.717, 1.165) is 36.5 Å². The molecular formula is C18H21ClN6OS. The zero-order valence-corrected chi connectivity index (χ0v) is 16.2. The molecule has 1 aliphatic rings. The Bertz CT molecular complexity index is 848. The van der Waals surface area contributed by atoms with Crippen LogP contribution < -0.4 is 10.6 Å². The lowest BCUT2D eigenvalue weighted by Gasteiger charge is -2.22. The Kier molecular flexibility index (Phi) is 6.54. The van der Waals surface area contributed by atoms with Gasteiger partial charge in [-0.15, -0.1) is 28.8 Å². The van der Waals surface area contributed by atoms with E-state index in [1.165, 1.54) is 11.3 Å². The van der Waals surface area contributed by atoms with Crippen LogP contribution in [0.5, 0.6) is 0 Å². The molecule has 0 radical (unpaired) electrons. The lowest BCUT2D eigenvalue weighted by Crippen LogP contribution is -2.30. The molecule has 0 saturated carbocycles. The predicted molar refractivity (Wildman–Crippen MR) is 106 cm³/mol. The minimum absolute atomic E-state index is 0. The van der Waals surface area contributed by atoms with Crippen LogP contribution >= 0.6 is 23.7 Å². The molecule has 1 aliphatic heterocycles. The van der Waals surface area contributed by atoms with E-state index in [9.17, 15) is 4.79 Å². The molecule has 1 fully saturated rings. The van der Waals surface area contributed by atoms with Crippen molar-refractivity contribution in [2.24, 2.45) is 0 Å². The molecule has 7 nitrogen and oxygen atoms in total. The number of rotatable bonds is 5. The maximum atomic E-state index is 12.8. The van der Waals surface area contributed by atoms with Crippen LogP contribution in [-0.4, -0.2) is 39.0 Å². The molecule has 4 rings (SSSR count). The van der Waals surface area contributed by atoms with Gasteiger partial charge in [0, 0.05) is 11.6 Å². The summed E-state index contributed by atoms with van der Waals surface area (Å²) in [7, 11) is 0. The van der Waals surface area contributed by atoms with Crippen molar-refractivity contribution < 1.29 is 4.79 Å². The molecule has 27 heavy (non-hydrogen) atoms. The van der Waals surface area contributed by atoms with Gasteiger partial charge in [-0.1, -0.05) is 35.5 Å². The molecule has 2 N–H and O–H groups in total. The molecule has 9 heteroatoms. The van der Waals surface area contributed by atoms with Crippen LogP contribution in [0, 0.1) is 0 Å². The predicted octanol–water partition coefficient (Wildman–Crippen LogP) is 2.60. The summed E-state index contributed by atoms with van der Waals surface area (Å²) in [4.78, 5) is 17.1. The van der Waals surface area contributed by atoms with Gasteiger partial charge in [-0.3, -0.25) is 4.79 Å². The van der Waals surface area contributed by atoms with Crippen molar-refractivity contribution in [2.45, 2.75) is 24.9 Å². The van der Waals surface area contributed by atoms with Crippen LogP contribution in [0.1, 0.15) is 46.0 Å². The number of hydrogen-bond acceptors (Lipinski definition) is 6. The summed E-state index contributed by atoms with van der Waals surface area (Å²) in [6.07, 6.45) is 5.48. The molecule has 142 valence electrons.